The highest BCUT2D eigenvalue weighted by molar-refractivity contribution is 6.19. The van der Waals surface area contributed by atoms with E-state index in [1.807, 2.05) is 30.3 Å². The number of ketones is 2. The van der Waals surface area contributed by atoms with Crippen LogP contribution in [0.5, 0.6) is 0 Å². The van der Waals surface area contributed by atoms with Crippen molar-refractivity contribution in [3.63, 3.8) is 0 Å². The molecule has 1 unspecified atom stereocenters. The Bertz CT molecular complexity index is 495. The number of benzene rings is 1. The summed E-state index contributed by atoms with van der Waals surface area (Å²) in [4.78, 5) is 36.7. The van der Waals surface area contributed by atoms with Crippen molar-refractivity contribution in [1.82, 2.24) is 4.90 Å². The first-order valence-electron chi connectivity index (χ1n) is 6.45. The van der Waals surface area contributed by atoms with E-state index in [1.54, 1.807) is 4.90 Å². The molecule has 0 N–H and O–H groups in total. The van der Waals surface area contributed by atoms with Crippen LogP contribution in [-0.2, 0) is 20.8 Å². The Morgan fingerprint density at radius 2 is 1.95 bits per heavy atom. The van der Waals surface area contributed by atoms with E-state index in [0.717, 1.165) is 12.0 Å². The van der Waals surface area contributed by atoms with Crippen LogP contribution < -0.4 is 0 Å². The Balaban J connectivity index is 1.99. The maximum absolute atomic E-state index is 12.1. The summed E-state index contributed by atoms with van der Waals surface area (Å²) < 4.78 is 0. The second-order valence-corrected chi connectivity index (χ2v) is 4.82. The van der Waals surface area contributed by atoms with Crippen LogP contribution in [0.25, 0.3) is 0 Å². The molecular formula is C15H17NO3. The molecule has 1 aromatic carbocycles. The van der Waals surface area contributed by atoms with E-state index in [1.165, 1.54) is 6.92 Å². The number of hydrogen-bond acceptors (Lipinski definition) is 3. The number of likely N-dealkylation sites (tertiary alicyclic amines) is 1. The quantitative estimate of drug-likeness (QED) is 0.764. The van der Waals surface area contributed by atoms with Gasteiger partial charge in [-0.05, 0) is 18.9 Å². The molecule has 4 heteroatoms. The Labute approximate surface area is 112 Å². The summed E-state index contributed by atoms with van der Waals surface area (Å²) in [5, 5.41) is 0. The third-order valence-electron chi connectivity index (χ3n) is 3.43. The fourth-order valence-electron chi connectivity index (χ4n) is 2.35. The predicted octanol–water partition coefficient (Wildman–Crippen LogP) is 1.24. The van der Waals surface area contributed by atoms with E-state index < -0.39 is 5.92 Å². The molecule has 1 aliphatic rings. The summed E-state index contributed by atoms with van der Waals surface area (Å²) in [6.45, 7) is 2.29. The molecule has 1 atom stereocenters. The van der Waals surface area contributed by atoms with Crippen molar-refractivity contribution in [3.05, 3.63) is 35.9 Å². The van der Waals surface area contributed by atoms with Crippen molar-refractivity contribution < 1.29 is 14.4 Å². The van der Waals surface area contributed by atoms with E-state index in [-0.39, 0.29) is 23.9 Å². The summed E-state index contributed by atoms with van der Waals surface area (Å²) in [6.07, 6.45) is 1.02. The number of nitrogens with zero attached hydrogens (tertiary/aromatic N) is 1. The highest BCUT2D eigenvalue weighted by atomic mass is 16.2. The summed E-state index contributed by atoms with van der Waals surface area (Å²) in [5.74, 6) is -1.99. The molecule has 0 spiro atoms. The van der Waals surface area contributed by atoms with Crippen LogP contribution in [-0.4, -0.2) is 35.5 Å². The largest absolute Gasteiger partial charge is 0.341 e. The van der Waals surface area contributed by atoms with Crippen LogP contribution >= 0.6 is 0 Å². The lowest BCUT2D eigenvalue weighted by Crippen LogP contribution is -2.49. The second kappa shape index (κ2) is 5.78. The van der Waals surface area contributed by atoms with Crippen LogP contribution in [0.2, 0.25) is 0 Å². The van der Waals surface area contributed by atoms with Gasteiger partial charge in [0, 0.05) is 19.5 Å². The van der Waals surface area contributed by atoms with Crippen molar-refractivity contribution in [2.45, 2.75) is 19.8 Å². The van der Waals surface area contributed by atoms with Crippen molar-refractivity contribution in [2.75, 3.05) is 13.1 Å². The summed E-state index contributed by atoms with van der Waals surface area (Å²) in [6, 6.07) is 9.86. The van der Waals surface area contributed by atoms with Gasteiger partial charge in [-0.15, -0.1) is 0 Å². The summed E-state index contributed by atoms with van der Waals surface area (Å²) in [5.41, 5.74) is 1.14. The molecule has 1 aromatic rings. The van der Waals surface area contributed by atoms with Gasteiger partial charge in [0.15, 0.2) is 11.7 Å². The molecule has 100 valence electrons. The molecule has 1 saturated heterocycles. The van der Waals surface area contributed by atoms with Gasteiger partial charge in [0.2, 0.25) is 5.91 Å². The Kier molecular flexibility index (Phi) is 4.10. The van der Waals surface area contributed by atoms with Gasteiger partial charge in [0.1, 0.15) is 5.78 Å². The number of rotatable bonds is 4. The van der Waals surface area contributed by atoms with Gasteiger partial charge in [-0.3, -0.25) is 14.4 Å². The molecule has 0 saturated carbocycles. The third kappa shape index (κ3) is 3.08. The van der Waals surface area contributed by atoms with Crippen molar-refractivity contribution >= 4 is 17.5 Å². The average molecular weight is 259 g/mol. The zero-order chi connectivity index (χ0) is 13.8. The molecule has 0 aromatic heterocycles. The molecule has 19 heavy (non-hydrogen) atoms. The number of amides is 1. The van der Waals surface area contributed by atoms with E-state index >= 15 is 0 Å². The number of carbonyl (C=O) groups is 3. The van der Waals surface area contributed by atoms with E-state index in [9.17, 15) is 14.4 Å². The van der Waals surface area contributed by atoms with Crippen LogP contribution in [0.15, 0.2) is 30.3 Å². The lowest BCUT2D eigenvalue weighted by molar-refractivity contribution is -0.149. The molecule has 2 rings (SSSR count). The molecule has 0 radical (unpaired) electrons. The monoisotopic (exact) mass is 259 g/mol. The molecule has 1 aliphatic heterocycles. The van der Waals surface area contributed by atoms with Gasteiger partial charge in [0.25, 0.3) is 0 Å². The standard InChI is InChI=1S/C15H17NO3/c1-11(17)14-13(18)8-10-16(15(14)19)9-7-12-5-3-2-4-6-12/h2-6,14H,7-10H2,1H3. The van der Waals surface area contributed by atoms with E-state index in [2.05, 4.69) is 0 Å². The van der Waals surface area contributed by atoms with E-state index in [4.69, 9.17) is 0 Å². The average Bonchev–Trinajstić information content (AvgIpc) is 2.38. The molecule has 4 nitrogen and oxygen atoms in total. The van der Waals surface area contributed by atoms with Gasteiger partial charge < -0.3 is 4.90 Å². The summed E-state index contributed by atoms with van der Waals surface area (Å²) >= 11 is 0. The second-order valence-electron chi connectivity index (χ2n) is 4.82. The zero-order valence-corrected chi connectivity index (χ0v) is 11.0. The topological polar surface area (TPSA) is 54.5 Å². The zero-order valence-electron chi connectivity index (χ0n) is 11.0. The van der Waals surface area contributed by atoms with Crippen molar-refractivity contribution in [2.24, 2.45) is 5.92 Å². The Morgan fingerprint density at radius 1 is 1.26 bits per heavy atom. The predicted molar refractivity (Wildman–Crippen MR) is 70.5 cm³/mol. The highest BCUT2D eigenvalue weighted by Gasteiger charge is 2.37. The SMILES string of the molecule is CC(=O)C1C(=O)CCN(CCc2ccccc2)C1=O. The number of carbonyl (C=O) groups excluding carboxylic acids is 3. The minimum Gasteiger partial charge on any atom is -0.341 e. The first kappa shape index (κ1) is 13.5. The van der Waals surface area contributed by atoms with Gasteiger partial charge in [-0.1, -0.05) is 30.3 Å². The minimum absolute atomic E-state index is 0.242. The van der Waals surface area contributed by atoms with Crippen LogP contribution in [0.3, 0.4) is 0 Å². The lowest BCUT2D eigenvalue weighted by Gasteiger charge is -2.30. The minimum atomic E-state index is -1.07. The Hall–Kier alpha value is -1.97. The van der Waals surface area contributed by atoms with Gasteiger partial charge >= 0.3 is 0 Å². The highest BCUT2D eigenvalue weighted by Crippen LogP contribution is 2.16. The van der Waals surface area contributed by atoms with Crippen LogP contribution in [0.1, 0.15) is 18.9 Å². The first-order chi connectivity index (χ1) is 9.09. The van der Waals surface area contributed by atoms with Gasteiger partial charge in [-0.25, -0.2) is 0 Å². The maximum Gasteiger partial charge on any atom is 0.240 e. The molecule has 0 aliphatic carbocycles. The first-order valence-corrected chi connectivity index (χ1v) is 6.45. The van der Waals surface area contributed by atoms with Crippen LogP contribution in [0.4, 0.5) is 0 Å². The molecule has 1 fully saturated rings. The maximum atomic E-state index is 12.1. The molecule has 1 amide bonds. The fourth-order valence-corrected chi connectivity index (χ4v) is 2.35. The smallest absolute Gasteiger partial charge is 0.240 e. The number of piperidine rings is 1. The van der Waals surface area contributed by atoms with Crippen molar-refractivity contribution in [3.8, 4) is 0 Å². The number of hydrogen-bond donors (Lipinski definition) is 0. The van der Waals surface area contributed by atoms with Gasteiger partial charge in [-0.2, -0.15) is 0 Å². The summed E-state index contributed by atoms with van der Waals surface area (Å²) in [7, 11) is 0. The van der Waals surface area contributed by atoms with Crippen LogP contribution in [0, 0.1) is 5.92 Å². The van der Waals surface area contributed by atoms with E-state index in [0.29, 0.717) is 13.1 Å². The Morgan fingerprint density at radius 3 is 2.58 bits per heavy atom. The third-order valence-corrected chi connectivity index (χ3v) is 3.43. The molecule has 1 heterocycles. The lowest BCUT2D eigenvalue weighted by atomic mass is 9.92. The molecular weight excluding hydrogens is 242 g/mol. The number of Topliss-reactive ketones (excluding diaryl/α,β-unsaturated/α-hetero) is 2. The van der Waals surface area contributed by atoms with Crippen molar-refractivity contribution in [1.29, 1.82) is 0 Å². The normalized spacial score (nSPS) is 19.6. The molecule has 0 bridgehead atoms. The van der Waals surface area contributed by atoms with Gasteiger partial charge in [0.05, 0.1) is 0 Å². The fraction of sp³-hybridized carbons (Fsp3) is 0.400.